The molecular formula is C8H8ClFO2S. The molecule has 5 heteroatoms. The lowest BCUT2D eigenvalue weighted by Crippen LogP contribution is -1.95. The second-order valence-electron chi connectivity index (χ2n) is 2.67. The lowest BCUT2D eigenvalue weighted by Gasteiger charge is -2.02. The zero-order valence-corrected chi connectivity index (χ0v) is 8.49. The Morgan fingerprint density at radius 1 is 1.46 bits per heavy atom. The van der Waals surface area contributed by atoms with E-state index in [2.05, 4.69) is 0 Å². The standard InChI is InChI=1S/C8H8ClFO2S/c1-6-2-3-7(5-10)4-8(6)13(9,11)12/h2-4H,5H2,1H3. The third-order valence-corrected chi connectivity index (χ3v) is 3.13. The SMILES string of the molecule is Cc1ccc(CF)cc1S(=O)(=O)Cl. The molecule has 0 amide bonds. The molecule has 0 radical (unpaired) electrons. The molecule has 0 bridgehead atoms. The molecule has 0 N–H and O–H groups in total. The number of aryl methyl sites for hydroxylation is 1. The Balaban J connectivity index is 3.36. The minimum absolute atomic E-state index is 0.0238. The molecule has 0 spiro atoms. The highest BCUT2D eigenvalue weighted by molar-refractivity contribution is 8.13. The van der Waals surface area contributed by atoms with Crippen molar-refractivity contribution in [2.24, 2.45) is 0 Å². The summed E-state index contributed by atoms with van der Waals surface area (Å²) in [6.45, 7) is 0.914. The molecule has 1 rings (SSSR count). The summed E-state index contributed by atoms with van der Waals surface area (Å²) in [4.78, 5) is -0.0238. The highest BCUT2D eigenvalue weighted by Gasteiger charge is 2.13. The number of hydrogen-bond donors (Lipinski definition) is 0. The van der Waals surface area contributed by atoms with Crippen LogP contribution in [-0.2, 0) is 15.7 Å². The molecule has 0 aliphatic rings. The van der Waals surface area contributed by atoms with Crippen LogP contribution in [0.5, 0.6) is 0 Å². The van der Waals surface area contributed by atoms with Gasteiger partial charge in [-0.25, -0.2) is 12.8 Å². The van der Waals surface area contributed by atoms with Crippen molar-refractivity contribution in [2.75, 3.05) is 0 Å². The van der Waals surface area contributed by atoms with E-state index in [1.54, 1.807) is 6.92 Å². The van der Waals surface area contributed by atoms with Crippen LogP contribution in [0, 0.1) is 6.92 Å². The third kappa shape index (κ3) is 2.42. The second kappa shape index (κ2) is 3.64. The fourth-order valence-electron chi connectivity index (χ4n) is 0.990. The van der Waals surface area contributed by atoms with Crippen LogP contribution < -0.4 is 0 Å². The van der Waals surface area contributed by atoms with Crippen molar-refractivity contribution in [3.8, 4) is 0 Å². The Hall–Kier alpha value is -0.610. The minimum atomic E-state index is -3.76. The monoisotopic (exact) mass is 222 g/mol. The predicted octanol–water partition coefficient (Wildman–Crippen LogP) is 2.39. The van der Waals surface area contributed by atoms with Crippen LogP contribution in [0.15, 0.2) is 23.1 Å². The Labute approximate surface area is 80.8 Å². The molecule has 0 saturated heterocycles. The Kier molecular flexibility index (Phi) is 2.93. The molecule has 13 heavy (non-hydrogen) atoms. The fraction of sp³-hybridized carbons (Fsp3) is 0.250. The molecule has 1 aromatic carbocycles. The van der Waals surface area contributed by atoms with Gasteiger partial charge in [0.25, 0.3) is 9.05 Å². The predicted molar refractivity (Wildman–Crippen MR) is 49.0 cm³/mol. The van der Waals surface area contributed by atoms with E-state index in [0.29, 0.717) is 11.1 Å². The summed E-state index contributed by atoms with van der Waals surface area (Å²) < 4.78 is 34.1. The highest BCUT2D eigenvalue weighted by Crippen LogP contribution is 2.21. The van der Waals surface area contributed by atoms with E-state index in [-0.39, 0.29) is 4.90 Å². The van der Waals surface area contributed by atoms with Gasteiger partial charge in [-0.1, -0.05) is 12.1 Å². The fourth-order valence-corrected chi connectivity index (χ4v) is 2.23. The van der Waals surface area contributed by atoms with Crippen LogP contribution in [0.3, 0.4) is 0 Å². The van der Waals surface area contributed by atoms with Crippen LogP contribution in [0.4, 0.5) is 4.39 Å². The number of benzene rings is 1. The van der Waals surface area contributed by atoms with Gasteiger partial charge in [0.1, 0.15) is 6.67 Å². The summed E-state index contributed by atoms with van der Waals surface area (Å²) in [5.74, 6) is 0. The van der Waals surface area contributed by atoms with Gasteiger partial charge >= 0.3 is 0 Å². The van der Waals surface area contributed by atoms with Crippen LogP contribution in [-0.4, -0.2) is 8.42 Å². The van der Waals surface area contributed by atoms with Crippen LogP contribution in [0.1, 0.15) is 11.1 Å². The van der Waals surface area contributed by atoms with E-state index >= 15 is 0 Å². The maximum Gasteiger partial charge on any atom is 0.261 e. The van der Waals surface area contributed by atoms with Gasteiger partial charge in [-0.05, 0) is 24.1 Å². The van der Waals surface area contributed by atoms with E-state index < -0.39 is 15.7 Å². The van der Waals surface area contributed by atoms with Gasteiger partial charge in [0.15, 0.2) is 0 Å². The summed E-state index contributed by atoms with van der Waals surface area (Å²) in [5.41, 5.74) is 0.831. The largest absolute Gasteiger partial charge is 0.261 e. The lowest BCUT2D eigenvalue weighted by atomic mass is 10.2. The molecule has 0 aromatic heterocycles. The number of hydrogen-bond acceptors (Lipinski definition) is 2. The Morgan fingerprint density at radius 2 is 2.08 bits per heavy atom. The zero-order chi connectivity index (χ0) is 10.1. The summed E-state index contributed by atoms with van der Waals surface area (Å²) in [5, 5.41) is 0. The molecular weight excluding hydrogens is 215 g/mol. The Morgan fingerprint density at radius 3 is 2.54 bits per heavy atom. The topological polar surface area (TPSA) is 34.1 Å². The summed E-state index contributed by atoms with van der Waals surface area (Å²) in [6, 6.07) is 4.31. The van der Waals surface area contributed by atoms with E-state index in [1.165, 1.54) is 18.2 Å². The van der Waals surface area contributed by atoms with Gasteiger partial charge < -0.3 is 0 Å². The van der Waals surface area contributed by atoms with E-state index in [0.717, 1.165) is 0 Å². The van der Waals surface area contributed by atoms with Crippen molar-refractivity contribution in [3.63, 3.8) is 0 Å². The molecule has 0 saturated carbocycles. The van der Waals surface area contributed by atoms with Crippen molar-refractivity contribution >= 4 is 19.7 Å². The number of rotatable bonds is 2. The van der Waals surface area contributed by atoms with Gasteiger partial charge in [-0.2, -0.15) is 0 Å². The molecule has 0 aliphatic heterocycles. The van der Waals surface area contributed by atoms with Crippen molar-refractivity contribution in [2.45, 2.75) is 18.5 Å². The molecule has 0 atom stereocenters. The second-order valence-corrected chi connectivity index (χ2v) is 5.21. The third-order valence-electron chi connectivity index (χ3n) is 1.67. The molecule has 2 nitrogen and oxygen atoms in total. The first kappa shape index (κ1) is 10.5. The number of alkyl halides is 1. The highest BCUT2D eigenvalue weighted by atomic mass is 35.7. The average molecular weight is 223 g/mol. The maximum absolute atomic E-state index is 12.2. The van der Waals surface area contributed by atoms with E-state index in [9.17, 15) is 12.8 Å². The average Bonchev–Trinajstić information content (AvgIpc) is 2.03. The first-order chi connectivity index (χ1) is 5.95. The quantitative estimate of drug-likeness (QED) is 0.720. The first-order valence-corrected chi connectivity index (χ1v) is 5.86. The smallest absolute Gasteiger partial charge is 0.246 e. The molecule has 1 aromatic rings. The zero-order valence-electron chi connectivity index (χ0n) is 6.92. The molecule has 72 valence electrons. The van der Waals surface area contributed by atoms with Crippen molar-refractivity contribution < 1.29 is 12.8 Å². The van der Waals surface area contributed by atoms with Crippen molar-refractivity contribution in [3.05, 3.63) is 29.3 Å². The van der Waals surface area contributed by atoms with Crippen molar-refractivity contribution in [1.82, 2.24) is 0 Å². The molecule has 0 fully saturated rings. The number of halogens is 2. The van der Waals surface area contributed by atoms with E-state index in [1.807, 2.05) is 0 Å². The van der Waals surface area contributed by atoms with E-state index in [4.69, 9.17) is 10.7 Å². The van der Waals surface area contributed by atoms with Crippen LogP contribution in [0.2, 0.25) is 0 Å². The normalized spacial score (nSPS) is 11.6. The van der Waals surface area contributed by atoms with Gasteiger partial charge in [0.05, 0.1) is 4.90 Å². The Bertz CT molecular complexity index is 414. The van der Waals surface area contributed by atoms with Crippen LogP contribution >= 0.6 is 10.7 Å². The van der Waals surface area contributed by atoms with Gasteiger partial charge in [0.2, 0.25) is 0 Å². The first-order valence-electron chi connectivity index (χ1n) is 3.55. The summed E-state index contributed by atoms with van der Waals surface area (Å²) >= 11 is 0. The minimum Gasteiger partial charge on any atom is -0.246 e. The summed E-state index contributed by atoms with van der Waals surface area (Å²) in [7, 11) is 1.38. The van der Waals surface area contributed by atoms with Gasteiger partial charge in [0, 0.05) is 10.7 Å². The summed E-state index contributed by atoms with van der Waals surface area (Å²) in [6.07, 6.45) is 0. The maximum atomic E-state index is 12.2. The van der Waals surface area contributed by atoms with Crippen LogP contribution in [0.25, 0.3) is 0 Å². The lowest BCUT2D eigenvalue weighted by molar-refractivity contribution is 0.484. The molecule has 0 unspecified atom stereocenters. The molecule has 0 aliphatic carbocycles. The van der Waals surface area contributed by atoms with Gasteiger partial charge in [-0.15, -0.1) is 0 Å². The van der Waals surface area contributed by atoms with Gasteiger partial charge in [-0.3, -0.25) is 0 Å². The van der Waals surface area contributed by atoms with Crippen molar-refractivity contribution in [1.29, 1.82) is 0 Å². The molecule has 0 heterocycles.